The van der Waals surface area contributed by atoms with Crippen LogP contribution in [-0.2, 0) is 17.8 Å². The molecule has 0 spiro atoms. The first kappa shape index (κ1) is 18.8. The average molecular weight is 357 g/mol. The van der Waals surface area contributed by atoms with Crippen LogP contribution in [0.4, 0.5) is 0 Å². The van der Waals surface area contributed by atoms with Crippen molar-refractivity contribution < 1.29 is 14.6 Å². The molecule has 1 atom stereocenters. The predicted octanol–water partition coefficient (Wildman–Crippen LogP) is 1.44. The highest BCUT2D eigenvalue weighted by molar-refractivity contribution is 5.28. The molecule has 6 heteroatoms. The molecular formula is C20H27N3O3. The number of morpholine rings is 1. The summed E-state index contributed by atoms with van der Waals surface area (Å²) in [6.45, 7) is 5.66. The number of pyridine rings is 1. The molecule has 1 aliphatic heterocycles. The molecule has 1 aromatic carbocycles. The van der Waals surface area contributed by atoms with E-state index in [-0.39, 0.29) is 0 Å². The molecule has 2 heterocycles. The summed E-state index contributed by atoms with van der Waals surface area (Å²) in [5, 5.41) is 13.6. The summed E-state index contributed by atoms with van der Waals surface area (Å²) in [4.78, 5) is 6.32. The largest absolute Gasteiger partial charge is 0.491 e. The number of rotatable bonds is 9. The number of hydrogen-bond donors (Lipinski definition) is 2. The van der Waals surface area contributed by atoms with Crippen LogP contribution in [0.2, 0.25) is 0 Å². The minimum Gasteiger partial charge on any atom is -0.491 e. The van der Waals surface area contributed by atoms with Crippen molar-refractivity contribution in [1.82, 2.24) is 15.2 Å². The van der Waals surface area contributed by atoms with Crippen molar-refractivity contribution in [3.63, 3.8) is 0 Å². The van der Waals surface area contributed by atoms with Crippen LogP contribution < -0.4 is 10.1 Å². The van der Waals surface area contributed by atoms with E-state index in [1.807, 2.05) is 30.5 Å². The minimum atomic E-state index is -0.500. The van der Waals surface area contributed by atoms with Gasteiger partial charge in [-0.1, -0.05) is 18.2 Å². The van der Waals surface area contributed by atoms with Crippen molar-refractivity contribution in [2.24, 2.45) is 0 Å². The minimum absolute atomic E-state index is 0.296. The molecule has 1 fully saturated rings. The van der Waals surface area contributed by atoms with E-state index in [9.17, 15) is 5.11 Å². The lowest BCUT2D eigenvalue weighted by molar-refractivity contribution is 0.00465. The van der Waals surface area contributed by atoms with E-state index < -0.39 is 6.10 Å². The molecule has 2 N–H and O–H groups in total. The smallest absolute Gasteiger partial charge is 0.119 e. The van der Waals surface area contributed by atoms with Crippen molar-refractivity contribution in [3.8, 4) is 5.75 Å². The van der Waals surface area contributed by atoms with Crippen LogP contribution in [0.3, 0.4) is 0 Å². The molecule has 0 radical (unpaired) electrons. The van der Waals surface area contributed by atoms with Crippen LogP contribution >= 0.6 is 0 Å². The highest BCUT2D eigenvalue weighted by Gasteiger charge is 2.15. The third-order valence-electron chi connectivity index (χ3n) is 4.29. The standard InChI is InChI=1S/C20H27N3O3/c24-19(15-23-7-9-25-10-8-23)16-26-20-5-1-3-17(11-20)12-22-14-18-4-2-6-21-13-18/h1-6,11,13,19,22,24H,7-10,12,14-16H2/t19-/m0/s1. The number of nitrogens with one attached hydrogen (secondary N) is 1. The van der Waals surface area contributed by atoms with Gasteiger partial charge in [-0.05, 0) is 29.3 Å². The molecule has 0 saturated carbocycles. The van der Waals surface area contributed by atoms with Crippen molar-refractivity contribution in [1.29, 1.82) is 0 Å². The Morgan fingerprint density at radius 3 is 2.77 bits per heavy atom. The number of hydrogen-bond acceptors (Lipinski definition) is 6. The highest BCUT2D eigenvalue weighted by Crippen LogP contribution is 2.14. The van der Waals surface area contributed by atoms with E-state index in [4.69, 9.17) is 9.47 Å². The van der Waals surface area contributed by atoms with Gasteiger partial charge in [-0.2, -0.15) is 0 Å². The summed E-state index contributed by atoms with van der Waals surface area (Å²) >= 11 is 0. The summed E-state index contributed by atoms with van der Waals surface area (Å²) < 4.78 is 11.1. The van der Waals surface area contributed by atoms with E-state index in [1.165, 1.54) is 0 Å². The average Bonchev–Trinajstić information content (AvgIpc) is 2.68. The fourth-order valence-electron chi connectivity index (χ4n) is 2.93. The zero-order chi connectivity index (χ0) is 18.0. The van der Waals surface area contributed by atoms with Crippen LogP contribution in [0.5, 0.6) is 5.75 Å². The van der Waals surface area contributed by atoms with Gasteiger partial charge in [0.15, 0.2) is 0 Å². The van der Waals surface area contributed by atoms with Gasteiger partial charge in [0.2, 0.25) is 0 Å². The Labute approximate surface area is 154 Å². The zero-order valence-electron chi connectivity index (χ0n) is 15.0. The van der Waals surface area contributed by atoms with E-state index in [2.05, 4.69) is 27.3 Å². The van der Waals surface area contributed by atoms with E-state index in [0.717, 1.165) is 56.3 Å². The van der Waals surface area contributed by atoms with Crippen molar-refractivity contribution in [2.75, 3.05) is 39.5 Å². The number of aliphatic hydroxyl groups is 1. The SMILES string of the molecule is O[C@H](COc1cccc(CNCc2cccnc2)c1)CN1CCOCC1. The summed E-state index contributed by atoms with van der Waals surface area (Å²) in [6.07, 6.45) is 3.14. The summed E-state index contributed by atoms with van der Waals surface area (Å²) in [5.41, 5.74) is 2.31. The number of aromatic nitrogens is 1. The van der Waals surface area contributed by atoms with Gasteiger partial charge in [0.05, 0.1) is 13.2 Å². The van der Waals surface area contributed by atoms with Gasteiger partial charge >= 0.3 is 0 Å². The molecule has 140 valence electrons. The Bertz CT molecular complexity index is 648. The molecule has 3 rings (SSSR count). The second-order valence-corrected chi connectivity index (χ2v) is 6.49. The summed E-state index contributed by atoms with van der Waals surface area (Å²) in [6, 6.07) is 12.0. The van der Waals surface area contributed by atoms with Crippen LogP contribution in [0.25, 0.3) is 0 Å². The van der Waals surface area contributed by atoms with Crippen LogP contribution in [0, 0.1) is 0 Å². The van der Waals surface area contributed by atoms with Gasteiger partial charge in [0.25, 0.3) is 0 Å². The highest BCUT2D eigenvalue weighted by atomic mass is 16.5. The second-order valence-electron chi connectivity index (χ2n) is 6.49. The number of aliphatic hydroxyl groups excluding tert-OH is 1. The van der Waals surface area contributed by atoms with Gasteiger partial charge < -0.3 is 19.9 Å². The van der Waals surface area contributed by atoms with Gasteiger partial charge in [0.1, 0.15) is 18.5 Å². The first-order valence-corrected chi connectivity index (χ1v) is 9.09. The first-order chi connectivity index (χ1) is 12.8. The van der Waals surface area contributed by atoms with Crippen LogP contribution in [0.1, 0.15) is 11.1 Å². The molecular weight excluding hydrogens is 330 g/mol. The Morgan fingerprint density at radius 2 is 1.96 bits per heavy atom. The molecule has 0 amide bonds. The molecule has 1 aliphatic rings. The topological polar surface area (TPSA) is 66.9 Å². The third-order valence-corrected chi connectivity index (χ3v) is 4.29. The first-order valence-electron chi connectivity index (χ1n) is 9.09. The maximum absolute atomic E-state index is 10.2. The molecule has 6 nitrogen and oxygen atoms in total. The van der Waals surface area contributed by atoms with Crippen molar-refractivity contribution >= 4 is 0 Å². The Balaban J connectivity index is 1.40. The maximum Gasteiger partial charge on any atom is 0.119 e. The number of benzene rings is 1. The van der Waals surface area contributed by atoms with E-state index >= 15 is 0 Å². The normalized spacial score (nSPS) is 16.3. The molecule has 0 unspecified atom stereocenters. The fourth-order valence-corrected chi connectivity index (χ4v) is 2.93. The molecule has 1 aromatic heterocycles. The number of β-amino-alcohol motifs (C(OH)–C–C–N with tert-alkyl or cyclic N) is 1. The van der Waals surface area contributed by atoms with E-state index in [1.54, 1.807) is 6.20 Å². The van der Waals surface area contributed by atoms with Crippen molar-refractivity contribution in [2.45, 2.75) is 19.2 Å². The molecule has 0 aliphatic carbocycles. The Kier molecular flexibility index (Phi) is 7.39. The van der Waals surface area contributed by atoms with Crippen molar-refractivity contribution in [3.05, 3.63) is 59.9 Å². The molecule has 0 bridgehead atoms. The number of nitrogens with zero attached hydrogens (tertiary/aromatic N) is 2. The lowest BCUT2D eigenvalue weighted by atomic mass is 10.2. The fraction of sp³-hybridized carbons (Fsp3) is 0.450. The van der Waals surface area contributed by atoms with E-state index in [0.29, 0.717) is 13.2 Å². The molecule has 1 saturated heterocycles. The zero-order valence-corrected chi connectivity index (χ0v) is 15.0. The van der Waals surface area contributed by atoms with Gasteiger partial charge in [-0.15, -0.1) is 0 Å². The third kappa shape index (κ3) is 6.38. The number of ether oxygens (including phenoxy) is 2. The molecule has 26 heavy (non-hydrogen) atoms. The van der Waals surface area contributed by atoms with Crippen LogP contribution in [-0.4, -0.2) is 60.5 Å². The molecule has 2 aromatic rings. The monoisotopic (exact) mass is 357 g/mol. The van der Waals surface area contributed by atoms with Gasteiger partial charge in [-0.25, -0.2) is 0 Å². The van der Waals surface area contributed by atoms with Gasteiger partial charge in [0, 0.05) is 45.1 Å². The van der Waals surface area contributed by atoms with Gasteiger partial charge in [-0.3, -0.25) is 9.88 Å². The van der Waals surface area contributed by atoms with Crippen LogP contribution in [0.15, 0.2) is 48.8 Å². The maximum atomic E-state index is 10.2. The quantitative estimate of drug-likeness (QED) is 0.708. The lowest BCUT2D eigenvalue weighted by Crippen LogP contribution is -2.42. The lowest BCUT2D eigenvalue weighted by Gasteiger charge is -2.28. The summed E-state index contributed by atoms with van der Waals surface area (Å²) in [5.74, 6) is 0.784. The summed E-state index contributed by atoms with van der Waals surface area (Å²) in [7, 11) is 0. The Morgan fingerprint density at radius 1 is 1.15 bits per heavy atom. The Hall–Kier alpha value is -1.99. The second kappa shape index (κ2) is 10.2. The predicted molar refractivity (Wildman–Crippen MR) is 100.0 cm³/mol.